The third-order valence-corrected chi connectivity index (χ3v) is 6.79. The van der Waals surface area contributed by atoms with E-state index in [1.807, 2.05) is 85.0 Å². The quantitative estimate of drug-likeness (QED) is 0.153. The second-order valence-corrected chi connectivity index (χ2v) is 9.30. The van der Waals surface area contributed by atoms with Gasteiger partial charge in [-0.3, -0.25) is 0 Å². The maximum atomic E-state index is 9.35. The van der Waals surface area contributed by atoms with Crippen LogP contribution in [0.4, 0.5) is 11.4 Å². The Morgan fingerprint density at radius 3 is 1.83 bits per heavy atom. The van der Waals surface area contributed by atoms with Crippen LogP contribution < -0.4 is 0 Å². The van der Waals surface area contributed by atoms with Crippen molar-refractivity contribution in [3.05, 3.63) is 136 Å². The summed E-state index contributed by atoms with van der Waals surface area (Å²) in [5.74, 6) is 0. The lowest BCUT2D eigenvalue weighted by molar-refractivity contribution is 1.48. The van der Waals surface area contributed by atoms with Gasteiger partial charge in [-0.1, -0.05) is 85.5 Å². The van der Waals surface area contributed by atoms with E-state index in [1.165, 1.54) is 5.56 Å². The number of nitriles is 2. The number of aromatic nitrogens is 4. The minimum absolute atomic E-state index is 0.311. The molecule has 0 spiro atoms. The molecule has 2 aromatic heterocycles. The van der Waals surface area contributed by atoms with Crippen LogP contribution in [-0.2, 0) is 0 Å². The molecule has 0 radical (unpaired) electrons. The first-order valence-corrected chi connectivity index (χ1v) is 13.6. The molecule has 8 nitrogen and oxygen atoms in total. The van der Waals surface area contributed by atoms with Gasteiger partial charge in [-0.15, -0.1) is 0 Å². The first-order valence-electron chi connectivity index (χ1n) is 12.1. The average molecular weight is 579 g/mol. The van der Waals surface area contributed by atoms with Gasteiger partial charge in [0.05, 0.1) is 70.9 Å². The largest absolute Gasteiger partial charge is 0.237 e. The molecule has 0 bridgehead atoms. The van der Waals surface area contributed by atoms with Gasteiger partial charge in [-0.25, -0.2) is 9.69 Å². The Morgan fingerprint density at radius 2 is 1.26 bits per heavy atom. The van der Waals surface area contributed by atoms with Gasteiger partial charge < -0.3 is 0 Å². The second-order valence-electron chi connectivity index (χ2n) is 8.24. The van der Waals surface area contributed by atoms with Crippen LogP contribution in [0.3, 0.4) is 0 Å². The normalized spacial score (nSPS) is 9.81. The van der Waals surface area contributed by atoms with Gasteiger partial charge in [0, 0.05) is 5.56 Å². The summed E-state index contributed by atoms with van der Waals surface area (Å²) in [7, 11) is 0. The topological polar surface area (TPSA) is 108 Å². The zero-order chi connectivity index (χ0) is 29.7. The second kappa shape index (κ2) is 14.4. The number of hydrogen-bond acceptors (Lipinski definition) is 8. The van der Waals surface area contributed by atoms with Gasteiger partial charge in [-0.2, -0.15) is 28.0 Å². The molecule has 2 heterocycles. The minimum atomic E-state index is 0.311. The molecule has 198 valence electrons. The summed E-state index contributed by atoms with van der Waals surface area (Å²) in [6.45, 7) is 17.7. The molecule has 0 amide bonds. The van der Waals surface area contributed by atoms with Crippen molar-refractivity contribution in [2.75, 3.05) is 0 Å². The Balaban J connectivity index is 0.000000163. The summed E-state index contributed by atoms with van der Waals surface area (Å²) in [4.78, 5) is 6.65. The van der Waals surface area contributed by atoms with Crippen LogP contribution in [0, 0.1) is 35.8 Å². The molecule has 6 rings (SSSR count). The van der Waals surface area contributed by atoms with E-state index in [0.717, 1.165) is 29.0 Å². The maximum Gasteiger partial charge on any atom is 0.207 e. The van der Waals surface area contributed by atoms with Crippen molar-refractivity contribution in [3.63, 3.8) is 0 Å². The summed E-state index contributed by atoms with van der Waals surface area (Å²) in [5.41, 5.74) is 6.86. The molecule has 0 atom stereocenters. The summed E-state index contributed by atoms with van der Waals surface area (Å²) in [6.07, 6.45) is 5.56. The van der Waals surface area contributed by atoms with Gasteiger partial charge in [0.25, 0.3) is 0 Å². The Bertz CT molecular complexity index is 2000. The van der Waals surface area contributed by atoms with Gasteiger partial charge in [0.2, 0.25) is 11.4 Å². The highest BCUT2D eigenvalue weighted by atomic mass is 32.1. The van der Waals surface area contributed by atoms with Crippen LogP contribution in [-0.4, -0.2) is 17.5 Å². The SMILES string of the molecule is C=Cc1ccccc1.[C-]#[N+]c1cc2nsnc2c(/C=C/c2ccccc2)c1C#N.[C-]#[N+]c1cc2nsnc2cc1C#N. The van der Waals surface area contributed by atoms with Crippen LogP contribution in [0.1, 0.15) is 27.8 Å². The highest BCUT2D eigenvalue weighted by Crippen LogP contribution is 2.31. The predicted octanol–water partition coefficient (Wildman–Crippen LogP) is 8.73. The molecule has 42 heavy (non-hydrogen) atoms. The van der Waals surface area contributed by atoms with Gasteiger partial charge >= 0.3 is 0 Å². The molecule has 4 aromatic carbocycles. The third kappa shape index (κ3) is 6.93. The molecule has 0 aliphatic carbocycles. The Kier molecular flexibility index (Phi) is 9.91. The van der Waals surface area contributed by atoms with E-state index in [0.29, 0.717) is 50.1 Å². The van der Waals surface area contributed by atoms with Gasteiger partial charge in [0.15, 0.2) is 0 Å². The smallest absolute Gasteiger partial charge is 0.207 e. The Morgan fingerprint density at radius 1 is 0.690 bits per heavy atom. The van der Waals surface area contributed by atoms with E-state index in [-0.39, 0.29) is 0 Å². The maximum absolute atomic E-state index is 9.35. The molecule has 0 N–H and O–H groups in total. The van der Waals surface area contributed by atoms with E-state index in [4.69, 9.17) is 18.4 Å². The third-order valence-electron chi connectivity index (χ3n) is 5.69. The zero-order valence-electron chi connectivity index (χ0n) is 21.8. The van der Waals surface area contributed by atoms with Crippen LogP contribution in [0.2, 0.25) is 0 Å². The Labute approximate surface area is 250 Å². The molecule has 10 heteroatoms. The highest BCUT2D eigenvalue weighted by Gasteiger charge is 2.14. The van der Waals surface area contributed by atoms with Crippen molar-refractivity contribution in [3.8, 4) is 12.1 Å². The Hall–Kier alpha value is -6.04. The first kappa shape index (κ1) is 29.0. The van der Waals surface area contributed by atoms with Crippen molar-refractivity contribution in [2.45, 2.75) is 0 Å². The average Bonchev–Trinajstić information content (AvgIpc) is 3.73. The first-order chi connectivity index (χ1) is 20.6. The molecule has 0 aliphatic heterocycles. The molecular weight excluding hydrogens is 561 g/mol. The van der Waals surface area contributed by atoms with Crippen LogP contribution in [0.25, 0.3) is 50.0 Å². The van der Waals surface area contributed by atoms with Crippen molar-refractivity contribution < 1.29 is 0 Å². The van der Waals surface area contributed by atoms with Crippen LogP contribution in [0.15, 0.2) is 85.4 Å². The lowest BCUT2D eigenvalue weighted by atomic mass is 10.0. The van der Waals surface area contributed by atoms with E-state index in [9.17, 15) is 5.26 Å². The summed E-state index contributed by atoms with van der Waals surface area (Å²) in [5, 5.41) is 18.1. The van der Waals surface area contributed by atoms with E-state index >= 15 is 0 Å². The zero-order valence-corrected chi connectivity index (χ0v) is 23.5. The highest BCUT2D eigenvalue weighted by molar-refractivity contribution is 7.00. The molecule has 0 saturated heterocycles. The number of benzene rings is 4. The van der Waals surface area contributed by atoms with Crippen LogP contribution in [0.5, 0.6) is 0 Å². The molecule has 0 aliphatic rings. The van der Waals surface area contributed by atoms with Gasteiger partial charge in [0.1, 0.15) is 11.0 Å². The van der Waals surface area contributed by atoms with Crippen molar-refractivity contribution in [1.82, 2.24) is 17.5 Å². The molecule has 0 saturated carbocycles. The lowest BCUT2D eigenvalue weighted by Gasteiger charge is -2.02. The fourth-order valence-corrected chi connectivity index (χ4v) is 4.69. The fraction of sp³-hybridized carbons (Fsp3) is 0. The summed E-state index contributed by atoms with van der Waals surface area (Å²) < 4.78 is 16.4. The molecule has 0 unspecified atom stereocenters. The number of nitrogens with zero attached hydrogens (tertiary/aromatic N) is 8. The molecule has 0 fully saturated rings. The number of fused-ring (bicyclic) bond motifs is 2. The summed E-state index contributed by atoms with van der Waals surface area (Å²) >= 11 is 2.16. The number of hydrogen-bond donors (Lipinski definition) is 0. The number of rotatable bonds is 3. The molecule has 6 aromatic rings. The monoisotopic (exact) mass is 578 g/mol. The predicted molar refractivity (Wildman–Crippen MR) is 169 cm³/mol. The van der Waals surface area contributed by atoms with E-state index in [2.05, 4.69) is 39.8 Å². The molecular formula is C32H18N8S2. The minimum Gasteiger partial charge on any atom is -0.237 e. The fourth-order valence-electron chi connectivity index (χ4n) is 3.64. The van der Waals surface area contributed by atoms with E-state index in [1.54, 1.807) is 18.2 Å². The lowest BCUT2D eigenvalue weighted by Crippen LogP contribution is -1.86. The van der Waals surface area contributed by atoms with E-state index < -0.39 is 0 Å². The standard InChI is InChI=1S/C16H8N4S.C8H2N4S.C8H8/c1-18-14-9-15-16(20-21-19-15)12(13(14)10-17)8-7-11-5-3-2-4-6-11;1-10-6-3-8-7(11-13-12-8)2-5(6)4-9;1-2-8-6-4-3-5-7-8/h2-9H;2-3H;2-7H,1H2/b8-7+;;. The van der Waals surface area contributed by atoms with Gasteiger partial charge in [-0.05, 0) is 29.3 Å². The van der Waals surface area contributed by atoms with Crippen LogP contribution >= 0.6 is 23.5 Å². The van der Waals surface area contributed by atoms with Crippen molar-refractivity contribution in [2.24, 2.45) is 0 Å². The van der Waals surface area contributed by atoms with Crippen molar-refractivity contribution in [1.29, 1.82) is 10.5 Å². The summed E-state index contributed by atoms with van der Waals surface area (Å²) in [6, 6.07) is 28.7. The van der Waals surface area contributed by atoms with Crippen molar-refractivity contribution >= 4 is 75.1 Å².